The van der Waals surface area contributed by atoms with Crippen molar-refractivity contribution >= 4 is 24.7 Å². The van der Waals surface area contributed by atoms with E-state index in [0.717, 1.165) is 0 Å². The first-order valence-electron chi connectivity index (χ1n) is 6.19. The van der Waals surface area contributed by atoms with Gasteiger partial charge in [0.2, 0.25) is 0 Å². The first kappa shape index (κ1) is 11.4. The summed E-state index contributed by atoms with van der Waals surface area (Å²) in [7, 11) is 0. The molecule has 94 valence electrons. The van der Waals surface area contributed by atoms with Crippen LogP contribution in [0.25, 0.3) is 24.7 Å². The van der Waals surface area contributed by atoms with Crippen LogP contribution in [0.4, 0.5) is 0 Å². The van der Waals surface area contributed by atoms with Gasteiger partial charge in [-0.25, -0.2) is 0 Å². The Bertz CT molecular complexity index is 609. The molecule has 0 bridgehead atoms. The van der Waals surface area contributed by atoms with Crippen molar-refractivity contribution in [2.45, 2.75) is 0 Å². The van der Waals surface area contributed by atoms with Crippen molar-refractivity contribution in [1.29, 1.82) is 0 Å². The Morgan fingerprint density at radius 1 is 0.632 bits per heavy atom. The van der Waals surface area contributed by atoms with Crippen molar-refractivity contribution in [1.82, 2.24) is 13.7 Å². The van der Waals surface area contributed by atoms with Crippen LogP contribution in [0.3, 0.4) is 0 Å². The van der Waals surface area contributed by atoms with E-state index in [1.165, 1.54) is 5.56 Å². The molecule has 0 fully saturated rings. The Labute approximate surface area is 112 Å². The number of rotatable bonds is 4. The summed E-state index contributed by atoms with van der Waals surface area (Å²) in [6, 6.07) is 10.1. The van der Waals surface area contributed by atoms with Crippen molar-refractivity contribution in [3.63, 3.8) is 0 Å². The standard InChI is InChI=1S/C16H15N3/c1-2-8-17(7-1)11-5-16-6-12-19(15-16)14-13-18-9-3-4-10-18/h1-15H. The molecule has 3 rings (SSSR count). The van der Waals surface area contributed by atoms with E-state index >= 15 is 0 Å². The predicted octanol–water partition coefficient (Wildman–Crippen LogP) is 3.80. The Morgan fingerprint density at radius 2 is 1.21 bits per heavy atom. The van der Waals surface area contributed by atoms with Gasteiger partial charge >= 0.3 is 0 Å². The lowest BCUT2D eigenvalue weighted by Gasteiger charge is -1.94. The molecule has 0 aromatic carbocycles. The van der Waals surface area contributed by atoms with Crippen LogP contribution >= 0.6 is 0 Å². The first-order chi connectivity index (χ1) is 9.40. The summed E-state index contributed by atoms with van der Waals surface area (Å²) in [4.78, 5) is 0. The van der Waals surface area contributed by atoms with Gasteiger partial charge in [-0.05, 0) is 42.0 Å². The Morgan fingerprint density at radius 3 is 1.89 bits per heavy atom. The summed E-state index contributed by atoms with van der Waals surface area (Å²) >= 11 is 0. The maximum atomic E-state index is 2.08. The molecule has 0 atom stereocenters. The smallest absolute Gasteiger partial charge is 0.0248 e. The lowest BCUT2D eigenvalue weighted by Crippen LogP contribution is -1.83. The van der Waals surface area contributed by atoms with E-state index in [2.05, 4.69) is 18.3 Å². The minimum absolute atomic E-state index is 1.17. The quantitative estimate of drug-likeness (QED) is 0.668. The SMILES string of the molecule is C(=Cn1cccc1)c1ccn(C=Cn2cccc2)c1. The number of hydrogen-bond donors (Lipinski definition) is 0. The van der Waals surface area contributed by atoms with Crippen LogP contribution in [0.15, 0.2) is 67.5 Å². The minimum Gasteiger partial charge on any atom is -0.331 e. The third-order valence-electron chi connectivity index (χ3n) is 2.84. The van der Waals surface area contributed by atoms with Crippen LogP contribution in [-0.2, 0) is 0 Å². The highest BCUT2D eigenvalue weighted by atomic mass is 15.0. The number of nitrogens with zero attached hydrogens (tertiary/aromatic N) is 3. The van der Waals surface area contributed by atoms with Crippen LogP contribution in [0.1, 0.15) is 5.56 Å². The summed E-state index contributed by atoms with van der Waals surface area (Å²) in [5, 5.41) is 0. The van der Waals surface area contributed by atoms with Crippen molar-refractivity contribution < 1.29 is 0 Å². The molecule has 3 aromatic rings. The van der Waals surface area contributed by atoms with E-state index in [-0.39, 0.29) is 0 Å². The van der Waals surface area contributed by atoms with Gasteiger partial charge in [0.25, 0.3) is 0 Å². The fourth-order valence-corrected chi connectivity index (χ4v) is 1.84. The zero-order chi connectivity index (χ0) is 12.9. The normalized spacial score (nSPS) is 11.8. The maximum Gasteiger partial charge on any atom is 0.0248 e. The van der Waals surface area contributed by atoms with Gasteiger partial charge in [-0.2, -0.15) is 0 Å². The van der Waals surface area contributed by atoms with E-state index < -0.39 is 0 Å². The van der Waals surface area contributed by atoms with Crippen LogP contribution in [0.2, 0.25) is 0 Å². The monoisotopic (exact) mass is 249 g/mol. The van der Waals surface area contributed by atoms with E-state index in [4.69, 9.17) is 0 Å². The molecule has 0 aliphatic heterocycles. The molecule has 19 heavy (non-hydrogen) atoms. The zero-order valence-electron chi connectivity index (χ0n) is 10.5. The molecule has 0 unspecified atom stereocenters. The number of aromatic nitrogens is 3. The molecular formula is C16H15N3. The topological polar surface area (TPSA) is 14.8 Å². The molecule has 0 aliphatic carbocycles. The lowest BCUT2D eigenvalue weighted by molar-refractivity contribution is 1.13. The van der Waals surface area contributed by atoms with Gasteiger partial charge in [0.1, 0.15) is 0 Å². The van der Waals surface area contributed by atoms with Gasteiger partial charge < -0.3 is 13.7 Å². The van der Waals surface area contributed by atoms with E-state index in [0.29, 0.717) is 0 Å². The second-order valence-corrected chi connectivity index (χ2v) is 4.27. The Kier molecular flexibility index (Phi) is 3.19. The summed E-state index contributed by atoms with van der Waals surface area (Å²) in [6.45, 7) is 0. The summed E-state index contributed by atoms with van der Waals surface area (Å²) in [5.74, 6) is 0. The van der Waals surface area contributed by atoms with Crippen molar-refractivity contribution in [3.8, 4) is 0 Å². The molecule has 0 spiro atoms. The molecule has 3 nitrogen and oxygen atoms in total. The molecule has 3 aromatic heterocycles. The number of hydrogen-bond acceptors (Lipinski definition) is 0. The van der Waals surface area contributed by atoms with E-state index in [1.54, 1.807) is 0 Å². The third kappa shape index (κ3) is 2.96. The summed E-state index contributed by atoms with van der Waals surface area (Å²) in [5.41, 5.74) is 1.17. The highest BCUT2D eigenvalue weighted by Crippen LogP contribution is 2.06. The molecule has 0 amide bonds. The predicted molar refractivity (Wildman–Crippen MR) is 80.0 cm³/mol. The molecule has 3 heterocycles. The van der Waals surface area contributed by atoms with Gasteiger partial charge in [-0.1, -0.05) is 0 Å². The van der Waals surface area contributed by atoms with Crippen molar-refractivity contribution in [2.24, 2.45) is 0 Å². The molecule has 0 aliphatic rings. The third-order valence-corrected chi connectivity index (χ3v) is 2.84. The largest absolute Gasteiger partial charge is 0.331 e. The molecule has 0 saturated heterocycles. The van der Waals surface area contributed by atoms with Gasteiger partial charge in [-0.3, -0.25) is 0 Å². The van der Waals surface area contributed by atoms with Gasteiger partial charge in [0.15, 0.2) is 0 Å². The van der Waals surface area contributed by atoms with E-state index in [1.807, 2.05) is 87.6 Å². The molecule has 0 radical (unpaired) electrons. The summed E-state index contributed by atoms with van der Waals surface area (Å²) in [6.07, 6.45) is 20.3. The van der Waals surface area contributed by atoms with Crippen LogP contribution in [0, 0.1) is 0 Å². The van der Waals surface area contributed by atoms with Gasteiger partial charge in [0, 0.05) is 55.8 Å². The first-order valence-corrected chi connectivity index (χ1v) is 6.19. The second-order valence-electron chi connectivity index (χ2n) is 4.27. The molecule has 3 heteroatoms. The highest BCUT2D eigenvalue weighted by Gasteiger charge is 1.90. The minimum atomic E-state index is 1.17. The highest BCUT2D eigenvalue weighted by molar-refractivity contribution is 5.61. The Hall–Kier alpha value is -2.68. The fraction of sp³-hybridized carbons (Fsp3) is 0. The maximum absolute atomic E-state index is 2.08. The average molecular weight is 249 g/mol. The fourth-order valence-electron chi connectivity index (χ4n) is 1.84. The zero-order valence-corrected chi connectivity index (χ0v) is 10.5. The van der Waals surface area contributed by atoms with Crippen LogP contribution in [-0.4, -0.2) is 13.7 Å². The lowest BCUT2D eigenvalue weighted by atomic mass is 10.3. The van der Waals surface area contributed by atoms with Gasteiger partial charge in [-0.15, -0.1) is 0 Å². The van der Waals surface area contributed by atoms with Crippen molar-refractivity contribution in [2.75, 3.05) is 0 Å². The molecule has 0 N–H and O–H groups in total. The van der Waals surface area contributed by atoms with Crippen LogP contribution < -0.4 is 0 Å². The molecule has 0 saturated carbocycles. The second kappa shape index (κ2) is 5.31. The van der Waals surface area contributed by atoms with E-state index in [9.17, 15) is 0 Å². The van der Waals surface area contributed by atoms with Crippen molar-refractivity contribution in [3.05, 3.63) is 73.1 Å². The Balaban J connectivity index is 1.69. The summed E-state index contributed by atoms with van der Waals surface area (Å²) < 4.78 is 6.07. The molecular weight excluding hydrogens is 234 g/mol. The van der Waals surface area contributed by atoms with Gasteiger partial charge in [0.05, 0.1) is 0 Å². The average Bonchev–Trinajstić information content (AvgIpc) is 3.16. The van der Waals surface area contributed by atoms with Crippen LogP contribution in [0.5, 0.6) is 0 Å².